The zero-order valence-electron chi connectivity index (χ0n) is 17.3. The molecule has 0 aliphatic rings. The first-order valence-electron chi connectivity index (χ1n) is 10.1. The quantitative estimate of drug-likeness (QED) is 0.385. The molecule has 0 aliphatic carbocycles. The van der Waals surface area contributed by atoms with Crippen LogP contribution in [0.2, 0.25) is 0 Å². The number of urea groups is 1. The third-order valence-electron chi connectivity index (χ3n) is 4.77. The van der Waals surface area contributed by atoms with Crippen LogP contribution in [0.25, 0.3) is 0 Å². The highest BCUT2D eigenvalue weighted by molar-refractivity contribution is 5.89. The molecule has 3 aromatic carbocycles. The Morgan fingerprint density at radius 1 is 0.906 bits per heavy atom. The molecule has 0 saturated heterocycles. The Morgan fingerprint density at radius 3 is 2.38 bits per heavy atom. The molecule has 0 spiro atoms. The molecule has 158 valence electrons. The van der Waals surface area contributed by atoms with Crippen molar-refractivity contribution in [2.75, 3.05) is 5.32 Å². The van der Waals surface area contributed by atoms with E-state index in [0.717, 1.165) is 5.56 Å². The fourth-order valence-corrected chi connectivity index (χ4v) is 3.18. The maximum Gasteiger partial charge on any atom is 0.322 e. The predicted octanol–water partition coefficient (Wildman–Crippen LogP) is 6.18. The Balaban J connectivity index is 1.44. The van der Waals surface area contributed by atoms with Crippen LogP contribution in [-0.2, 0) is 13.1 Å². The van der Waals surface area contributed by atoms with Crippen molar-refractivity contribution in [2.45, 2.75) is 13.1 Å². The smallest absolute Gasteiger partial charge is 0.322 e. The Hall–Kier alpha value is -4.50. The molecule has 1 heterocycles. The van der Waals surface area contributed by atoms with Gasteiger partial charge in [0.25, 0.3) is 0 Å². The topological polar surface area (TPSA) is 78.5 Å². The lowest BCUT2D eigenvalue weighted by molar-refractivity contribution is 0.201. The van der Waals surface area contributed by atoms with Crippen LogP contribution in [0.1, 0.15) is 16.9 Å². The normalized spacial score (nSPS) is 10.2. The standard InChI is InChI=1S/C26H21N3O3/c27-17-21-9-4-5-11-25(21)32-23-14-12-22(13-15-23)28-26(30)29(19-24-10-6-16-31-24)18-20-7-2-1-3-8-20/h1-16H,18-19H2,(H,28,30). The minimum absolute atomic E-state index is 0.242. The van der Waals surface area contributed by atoms with E-state index in [9.17, 15) is 10.1 Å². The van der Waals surface area contributed by atoms with Crippen LogP contribution in [0, 0.1) is 11.3 Å². The molecule has 6 heteroatoms. The molecule has 6 nitrogen and oxygen atoms in total. The van der Waals surface area contributed by atoms with E-state index >= 15 is 0 Å². The van der Waals surface area contributed by atoms with Crippen LogP contribution in [0.4, 0.5) is 10.5 Å². The number of carbonyl (C=O) groups is 1. The number of amides is 2. The summed E-state index contributed by atoms with van der Waals surface area (Å²) in [6.07, 6.45) is 1.59. The number of furan rings is 1. The number of nitrogens with one attached hydrogen (secondary N) is 1. The second kappa shape index (κ2) is 10.0. The number of para-hydroxylation sites is 1. The Labute approximate surface area is 186 Å². The number of hydrogen-bond acceptors (Lipinski definition) is 4. The minimum atomic E-state index is -0.242. The highest BCUT2D eigenvalue weighted by Crippen LogP contribution is 2.26. The monoisotopic (exact) mass is 423 g/mol. The summed E-state index contributed by atoms with van der Waals surface area (Å²) < 4.78 is 11.2. The molecule has 0 unspecified atom stereocenters. The van der Waals surface area contributed by atoms with E-state index in [2.05, 4.69) is 11.4 Å². The first-order valence-corrected chi connectivity index (χ1v) is 10.1. The van der Waals surface area contributed by atoms with Crippen LogP contribution in [0.3, 0.4) is 0 Å². The molecular weight excluding hydrogens is 402 g/mol. The van der Waals surface area contributed by atoms with E-state index in [-0.39, 0.29) is 6.03 Å². The summed E-state index contributed by atoms with van der Waals surface area (Å²) in [7, 11) is 0. The van der Waals surface area contributed by atoms with Gasteiger partial charge in [-0.2, -0.15) is 5.26 Å². The number of rotatable bonds is 7. The van der Waals surface area contributed by atoms with Gasteiger partial charge in [0, 0.05) is 12.2 Å². The third-order valence-corrected chi connectivity index (χ3v) is 4.77. The van der Waals surface area contributed by atoms with Crippen molar-refractivity contribution in [1.29, 1.82) is 5.26 Å². The van der Waals surface area contributed by atoms with Gasteiger partial charge in [0.2, 0.25) is 0 Å². The van der Waals surface area contributed by atoms with E-state index in [1.54, 1.807) is 59.7 Å². The van der Waals surface area contributed by atoms with Crippen LogP contribution in [-0.4, -0.2) is 10.9 Å². The minimum Gasteiger partial charge on any atom is -0.467 e. The van der Waals surface area contributed by atoms with Crippen molar-refractivity contribution in [3.8, 4) is 17.6 Å². The molecule has 0 fully saturated rings. The second-order valence-corrected chi connectivity index (χ2v) is 7.09. The van der Waals surface area contributed by atoms with E-state index in [4.69, 9.17) is 9.15 Å². The Bertz CT molecular complexity index is 1200. The van der Waals surface area contributed by atoms with Gasteiger partial charge in [0.05, 0.1) is 18.4 Å². The number of nitrogens with zero attached hydrogens (tertiary/aromatic N) is 2. The van der Waals surface area contributed by atoms with E-state index < -0.39 is 0 Å². The molecule has 0 saturated carbocycles. The highest BCUT2D eigenvalue weighted by Gasteiger charge is 2.16. The molecule has 1 aromatic heterocycles. The molecule has 2 amide bonds. The van der Waals surface area contributed by atoms with Crippen LogP contribution < -0.4 is 10.1 Å². The summed E-state index contributed by atoms with van der Waals surface area (Å²) in [5.41, 5.74) is 2.11. The zero-order chi connectivity index (χ0) is 22.2. The lowest BCUT2D eigenvalue weighted by Gasteiger charge is -2.22. The van der Waals surface area contributed by atoms with Crippen molar-refractivity contribution < 1.29 is 13.9 Å². The fourth-order valence-electron chi connectivity index (χ4n) is 3.18. The van der Waals surface area contributed by atoms with Crippen molar-refractivity contribution in [3.63, 3.8) is 0 Å². The van der Waals surface area contributed by atoms with Crippen molar-refractivity contribution >= 4 is 11.7 Å². The van der Waals surface area contributed by atoms with E-state index in [1.807, 2.05) is 42.5 Å². The summed E-state index contributed by atoms with van der Waals surface area (Å²) >= 11 is 0. The van der Waals surface area contributed by atoms with Crippen molar-refractivity contribution in [2.24, 2.45) is 0 Å². The molecule has 1 N–H and O–H groups in total. The average molecular weight is 423 g/mol. The van der Waals surface area contributed by atoms with Gasteiger partial charge in [-0.1, -0.05) is 42.5 Å². The largest absolute Gasteiger partial charge is 0.467 e. The molecule has 32 heavy (non-hydrogen) atoms. The highest BCUT2D eigenvalue weighted by atomic mass is 16.5. The van der Waals surface area contributed by atoms with Crippen LogP contribution >= 0.6 is 0 Å². The van der Waals surface area contributed by atoms with Gasteiger partial charge < -0.3 is 19.4 Å². The summed E-state index contributed by atoms with van der Waals surface area (Å²) in [5, 5.41) is 12.1. The van der Waals surface area contributed by atoms with Gasteiger partial charge in [-0.15, -0.1) is 0 Å². The maximum absolute atomic E-state index is 13.0. The number of benzene rings is 3. The lowest BCUT2D eigenvalue weighted by atomic mass is 10.2. The van der Waals surface area contributed by atoms with Crippen LogP contribution in [0.5, 0.6) is 11.5 Å². The number of anilines is 1. The van der Waals surface area contributed by atoms with E-state index in [1.165, 1.54) is 0 Å². The maximum atomic E-state index is 13.0. The first kappa shape index (κ1) is 20.8. The molecule has 0 atom stereocenters. The molecule has 4 aromatic rings. The summed E-state index contributed by atoms with van der Waals surface area (Å²) in [6, 6.07) is 29.4. The van der Waals surface area contributed by atoms with Gasteiger partial charge in [-0.3, -0.25) is 0 Å². The lowest BCUT2D eigenvalue weighted by Crippen LogP contribution is -2.33. The Kier molecular flexibility index (Phi) is 6.49. The summed E-state index contributed by atoms with van der Waals surface area (Å²) in [4.78, 5) is 14.7. The zero-order valence-corrected chi connectivity index (χ0v) is 17.3. The van der Waals surface area contributed by atoms with Crippen molar-refractivity contribution in [3.05, 3.63) is 114 Å². The summed E-state index contributed by atoms with van der Waals surface area (Å²) in [6.45, 7) is 0.791. The average Bonchev–Trinajstić information content (AvgIpc) is 3.34. The van der Waals surface area contributed by atoms with E-state index in [0.29, 0.717) is 41.6 Å². The number of carbonyl (C=O) groups excluding carboxylic acids is 1. The van der Waals surface area contributed by atoms with Gasteiger partial charge in [-0.05, 0) is 54.1 Å². The number of hydrogen-bond donors (Lipinski definition) is 1. The van der Waals surface area contributed by atoms with Crippen molar-refractivity contribution in [1.82, 2.24) is 4.90 Å². The molecule has 0 radical (unpaired) electrons. The second-order valence-electron chi connectivity index (χ2n) is 7.09. The van der Waals surface area contributed by atoms with Gasteiger partial charge in [0.15, 0.2) is 0 Å². The molecular formula is C26H21N3O3. The fraction of sp³-hybridized carbons (Fsp3) is 0.0769. The SMILES string of the molecule is N#Cc1ccccc1Oc1ccc(NC(=O)N(Cc2ccccc2)Cc2ccco2)cc1. The third kappa shape index (κ3) is 5.35. The predicted molar refractivity (Wildman–Crippen MR) is 121 cm³/mol. The Morgan fingerprint density at radius 2 is 1.66 bits per heavy atom. The number of nitriles is 1. The first-order chi connectivity index (χ1) is 15.7. The summed E-state index contributed by atoms with van der Waals surface area (Å²) in [5.74, 6) is 1.76. The molecule has 4 rings (SSSR count). The molecule has 0 bridgehead atoms. The van der Waals surface area contributed by atoms with Gasteiger partial charge in [-0.25, -0.2) is 4.79 Å². The van der Waals surface area contributed by atoms with Gasteiger partial charge >= 0.3 is 6.03 Å². The van der Waals surface area contributed by atoms with Gasteiger partial charge in [0.1, 0.15) is 23.3 Å². The number of ether oxygens (including phenoxy) is 1. The molecule has 0 aliphatic heterocycles. The van der Waals surface area contributed by atoms with Crippen LogP contribution in [0.15, 0.2) is 102 Å².